The maximum atomic E-state index is 13.3. The highest BCUT2D eigenvalue weighted by Crippen LogP contribution is 2.21. The minimum atomic E-state index is -0.404. The molecule has 0 saturated carbocycles. The highest BCUT2D eigenvalue weighted by atomic mass is 19.1. The number of morpholine rings is 1. The first-order valence-corrected chi connectivity index (χ1v) is 9.78. The number of methoxy groups -OCH3 is 1. The van der Waals surface area contributed by atoms with Gasteiger partial charge in [-0.25, -0.2) is 9.18 Å². The fraction of sp³-hybridized carbons (Fsp3) is 0.304. The van der Waals surface area contributed by atoms with Crippen molar-refractivity contribution in [3.05, 3.63) is 77.1 Å². The smallest absolute Gasteiger partial charge is 0.337 e. The number of carbonyl (C=O) groups is 2. The van der Waals surface area contributed by atoms with Gasteiger partial charge in [-0.1, -0.05) is 24.3 Å². The molecule has 3 rings (SSSR count). The van der Waals surface area contributed by atoms with Crippen LogP contribution in [0.5, 0.6) is 0 Å². The van der Waals surface area contributed by atoms with Crippen molar-refractivity contribution >= 4 is 18.0 Å². The number of benzene rings is 2. The van der Waals surface area contributed by atoms with Crippen LogP contribution in [0.15, 0.2) is 54.6 Å². The van der Waals surface area contributed by atoms with Crippen molar-refractivity contribution in [1.82, 2.24) is 10.2 Å². The SMILES string of the molecule is COC(=O)c1ccc(/C=C/C(=O)NCC(c2ccc(F)cc2)N2CCOCC2)cc1. The van der Waals surface area contributed by atoms with Crippen LogP contribution in [-0.4, -0.2) is 56.7 Å². The van der Waals surface area contributed by atoms with Crippen molar-refractivity contribution in [2.24, 2.45) is 0 Å². The number of ether oxygens (including phenoxy) is 2. The van der Waals surface area contributed by atoms with Crippen molar-refractivity contribution in [3.63, 3.8) is 0 Å². The zero-order chi connectivity index (χ0) is 21.3. The number of rotatable bonds is 7. The molecular formula is C23H25FN2O4. The molecule has 0 aromatic heterocycles. The van der Waals surface area contributed by atoms with Gasteiger partial charge in [0.1, 0.15) is 5.82 Å². The van der Waals surface area contributed by atoms with Crippen LogP contribution in [-0.2, 0) is 14.3 Å². The lowest BCUT2D eigenvalue weighted by Gasteiger charge is -2.34. The molecule has 1 aliphatic rings. The Morgan fingerprint density at radius 3 is 2.43 bits per heavy atom. The van der Waals surface area contributed by atoms with Crippen LogP contribution in [0.1, 0.15) is 27.5 Å². The van der Waals surface area contributed by atoms with Gasteiger partial charge in [0.25, 0.3) is 0 Å². The summed E-state index contributed by atoms with van der Waals surface area (Å²) in [4.78, 5) is 26.0. The molecule has 6 nitrogen and oxygen atoms in total. The zero-order valence-electron chi connectivity index (χ0n) is 16.8. The van der Waals surface area contributed by atoms with Gasteiger partial charge in [-0.15, -0.1) is 0 Å². The third-order valence-corrected chi connectivity index (χ3v) is 4.97. The first kappa shape index (κ1) is 21.7. The van der Waals surface area contributed by atoms with Crippen LogP contribution in [0.4, 0.5) is 4.39 Å². The Balaban J connectivity index is 1.61. The van der Waals surface area contributed by atoms with Crippen molar-refractivity contribution < 1.29 is 23.5 Å². The zero-order valence-corrected chi connectivity index (χ0v) is 16.8. The average molecular weight is 412 g/mol. The van der Waals surface area contributed by atoms with Gasteiger partial charge in [0.2, 0.25) is 5.91 Å². The maximum Gasteiger partial charge on any atom is 0.337 e. The van der Waals surface area contributed by atoms with E-state index in [2.05, 4.69) is 15.0 Å². The summed E-state index contributed by atoms with van der Waals surface area (Å²) in [5.74, 6) is -0.921. The van der Waals surface area contributed by atoms with E-state index in [9.17, 15) is 14.0 Å². The van der Waals surface area contributed by atoms with E-state index in [4.69, 9.17) is 4.74 Å². The van der Waals surface area contributed by atoms with E-state index in [1.54, 1.807) is 42.5 Å². The van der Waals surface area contributed by atoms with Gasteiger partial charge in [0.05, 0.1) is 31.9 Å². The summed E-state index contributed by atoms with van der Waals surface area (Å²) in [5, 5.41) is 2.93. The van der Waals surface area contributed by atoms with E-state index < -0.39 is 5.97 Å². The summed E-state index contributed by atoms with van der Waals surface area (Å²) in [5.41, 5.74) is 2.19. The van der Waals surface area contributed by atoms with Crippen molar-refractivity contribution in [2.45, 2.75) is 6.04 Å². The van der Waals surface area contributed by atoms with E-state index in [1.165, 1.54) is 25.3 Å². The lowest BCUT2D eigenvalue weighted by molar-refractivity contribution is -0.116. The van der Waals surface area contributed by atoms with E-state index in [0.717, 1.165) is 24.2 Å². The predicted octanol–water partition coefficient (Wildman–Crippen LogP) is 2.82. The summed E-state index contributed by atoms with van der Waals surface area (Å²) in [7, 11) is 1.33. The van der Waals surface area contributed by atoms with E-state index in [1.807, 2.05) is 0 Å². The standard InChI is InChI=1S/C23H25FN2O4/c1-29-23(28)19-5-2-17(3-6-19)4-11-22(27)25-16-21(26-12-14-30-15-13-26)18-7-9-20(24)10-8-18/h2-11,21H,12-16H2,1H3,(H,25,27)/b11-4+. The van der Waals surface area contributed by atoms with Gasteiger partial charge in [0, 0.05) is 25.7 Å². The molecule has 0 aliphatic carbocycles. The molecular weight excluding hydrogens is 387 g/mol. The molecule has 0 spiro atoms. The summed E-state index contributed by atoms with van der Waals surface area (Å²) >= 11 is 0. The maximum absolute atomic E-state index is 13.3. The molecule has 0 bridgehead atoms. The van der Waals surface area contributed by atoms with E-state index in [0.29, 0.717) is 25.3 Å². The van der Waals surface area contributed by atoms with Gasteiger partial charge >= 0.3 is 5.97 Å². The molecule has 1 N–H and O–H groups in total. The number of nitrogens with zero attached hydrogens (tertiary/aromatic N) is 1. The van der Waals surface area contributed by atoms with Crippen LogP contribution in [0.2, 0.25) is 0 Å². The van der Waals surface area contributed by atoms with Gasteiger partial charge < -0.3 is 14.8 Å². The Hall–Kier alpha value is -3.03. The van der Waals surface area contributed by atoms with E-state index in [-0.39, 0.29) is 17.8 Å². The van der Waals surface area contributed by atoms with Crippen LogP contribution >= 0.6 is 0 Å². The number of carbonyl (C=O) groups excluding carboxylic acids is 2. The third kappa shape index (κ3) is 5.98. The molecule has 1 amide bonds. The first-order valence-electron chi connectivity index (χ1n) is 9.78. The van der Waals surface area contributed by atoms with Crippen molar-refractivity contribution in [1.29, 1.82) is 0 Å². The largest absolute Gasteiger partial charge is 0.465 e. The number of nitrogens with one attached hydrogen (secondary N) is 1. The van der Waals surface area contributed by atoms with Crippen LogP contribution in [0.25, 0.3) is 6.08 Å². The first-order chi connectivity index (χ1) is 14.6. The second kappa shape index (κ2) is 10.7. The molecule has 1 atom stereocenters. The molecule has 158 valence electrons. The molecule has 30 heavy (non-hydrogen) atoms. The Morgan fingerprint density at radius 2 is 1.80 bits per heavy atom. The molecule has 7 heteroatoms. The topological polar surface area (TPSA) is 67.9 Å². The monoisotopic (exact) mass is 412 g/mol. The molecule has 1 saturated heterocycles. The number of esters is 1. The quantitative estimate of drug-likeness (QED) is 0.560. The fourth-order valence-corrected chi connectivity index (χ4v) is 3.31. The molecule has 1 aliphatic heterocycles. The number of amides is 1. The Kier molecular flexibility index (Phi) is 7.70. The fourth-order valence-electron chi connectivity index (χ4n) is 3.31. The summed E-state index contributed by atoms with van der Waals surface area (Å²) in [6.45, 7) is 3.16. The molecule has 1 unspecified atom stereocenters. The molecule has 0 radical (unpaired) electrons. The Bertz CT molecular complexity index is 875. The van der Waals surface area contributed by atoms with Gasteiger partial charge in [-0.3, -0.25) is 9.69 Å². The molecule has 2 aromatic rings. The number of hydrogen-bond donors (Lipinski definition) is 1. The number of halogens is 1. The summed E-state index contributed by atoms with van der Waals surface area (Å²) in [6.07, 6.45) is 3.13. The highest BCUT2D eigenvalue weighted by molar-refractivity contribution is 5.92. The molecule has 1 heterocycles. The van der Waals surface area contributed by atoms with Crippen LogP contribution in [0, 0.1) is 5.82 Å². The summed E-state index contributed by atoms with van der Waals surface area (Å²) in [6, 6.07) is 13.1. The normalized spacial score (nSPS) is 15.7. The average Bonchev–Trinajstić information content (AvgIpc) is 2.79. The highest BCUT2D eigenvalue weighted by Gasteiger charge is 2.23. The second-order valence-electron chi connectivity index (χ2n) is 6.91. The summed E-state index contributed by atoms with van der Waals surface area (Å²) < 4.78 is 23.4. The predicted molar refractivity (Wildman–Crippen MR) is 111 cm³/mol. The van der Waals surface area contributed by atoms with Crippen LogP contribution < -0.4 is 5.32 Å². The molecule has 1 fully saturated rings. The Labute approximate surface area is 175 Å². The lowest BCUT2D eigenvalue weighted by atomic mass is 10.0. The van der Waals surface area contributed by atoms with Gasteiger partial charge in [-0.2, -0.15) is 0 Å². The second-order valence-corrected chi connectivity index (χ2v) is 6.91. The third-order valence-electron chi connectivity index (χ3n) is 4.97. The Morgan fingerprint density at radius 1 is 1.13 bits per heavy atom. The van der Waals surface area contributed by atoms with E-state index >= 15 is 0 Å². The minimum absolute atomic E-state index is 0.0637. The van der Waals surface area contributed by atoms with Gasteiger partial charge in [-0.05, 0) is 41.5 Å². The van der Waals surface area contributed by atoms with Gasteiger partial charge in [0.15, 0.2) is 0 Å². The molecule has 2 aromatic carbocycles. The minimum Gasteiger partial charge on any atom is -0.465 e. The van der Waals surface area contributed by atoms with Crippen LogP contribution in [0.3, 0.4) is 0 Å². The van der Waals surface area contributed by atoms with Crippen molar-refractivity contribution in [2.75, 3.05) is 40.0 Å². The number of hydrogen-bond acceptors (Lipinski definition) is 5. The lowest BCUT2D eigenvalue weighted by Crippen LogP contribution is -2.43. The van der Waals surface area contributed by atoms with Crippen molar-refractivity contribution in [3.8, 4) is 0 Å².